The maximum absolute atomic E-state index is 13.2. The third-order valence-electron chi connectivity index (χ3n) is 5.24. The van der Waals surface area contributed by atoms with E-state index in [4.69, 9.17) is 5.73 Å². The van der Waals surface area contributed by atoms with E-state index in [9.17, 15) is 9.90 Å². The minimum Gasteiger partial charge on any atom is -0.393 e. The zero-order valence-electron chi connectivity index (χ0n) is 13.0. The molecule has 4 nitrogen and oxygen atoms in total. The second-order valence-corrected chi connectivity index (χ2v) is 6.71. The number of aliphatic hydroxyl groups excluding tert-OH is 1. The standard InChI is InChI=1S/C16H30N2O2/c1-3-7-16(11-17,8-4-2)15(20)18-12-5-6-13(18)10-14(19)9-12/h12-14,19H,3-11,17H2,1-2H3. The van der Waals surface area contributed by atoms with Gasteiger partial charge in [0.1, 0.15) is 0 Å². The Morgan fingerprint density at radius 3 is 2.10 bits per heavy atom. The monoisotopic (exact) mass is 282 g/mol. The van der Waals surface area contributed by atoms with Gasteiger partial charge in [-0.1, -0.05) is 26.7 Å². The van der Waals surface area contributed by atoms with Crippen molar-refractivity contribution in [3.05, 3.63) is 0 Å². The zero-order valence-corrected chi connectivity index (χ0v) is 13.0. The quantitative estimate of drug-likeness (QED) is 0.783. The van der Waals surface area contributed by atoms with Crippen molar-refractivity contribution in [3.8, 4) is 0 Å². The first-order chi connectivity index (χ1) is 9.57. The van der Waals surface area contributed by atoms with Crippen LogP contribution in [0.25, 0.3) is 0 Å². The van der Waals surface area contributed by atoms with Crippen molar-refractivity contribution in [2.75, 3.05) is 6.54 Å². The average molecular weight is 282 g/mol. The Balaban J connectivity index is 2.19. The van der Waals surface area contributed by atoms with E-state index >= 15 is 0 Å². The molecule has 2 atom stereocenters. The summed E-state index contributed by atoms with van der Waals surface area (Å²) in [5.74, 6) is 0.267. The molecule has 2 heterocycles. The van der Waals surface area contributed by atoms with Gasteiger partial charge in [-0.2, -0.15) is 0 Å². The number of fused-ring (bicyclic) bond motifs is 2. The predicted molar refractivity (Wildman–Crippen MR) is 80.2 cm³/mol. The number of hydrogen-bond acceptors (Lipinski definition) is 3. The van der Waals surface area contributed by atoms with E-state index in [1.807, 2.05) is 0 Å². The first kappa shape index (κ1) is 15.8. The summed E-state index contributed by atoms with van der Waals surface area (Å²) in [6.07, 6.45) is 7.13. The molecule has 1 amide bonds. The molecule has 0 radical (unpaired) electrons. The Morgan fingerprint density at radius 1 is 1.20 bits per heavy atom. The second kappa shape index (κ2) is 6.44. The van der Waals surface area contributed by atoms with Crippen molar-refractivity contribution in [3.63, 3.8) is 0 Å². The van der Waals surface area contributed by atoms with Gasteiger partial charge >= 0.3 is 0 Å². The highest BCUT2D eigenvalue weighted by Gasteiger charge is 2.48. The van der Waals surface area contributed by atoms with Crippen LogP contribution in [0.15, 0.2) is 0 Å². The van der Waals surface area contributed by atoms with Gasteiger partial charge in [-0.15, -0.1) is 0 Å². The number of nitrogens with two attached hydrogens (primary N) is 1. The highest BCUT2D eigenvalue weighted by atomic mass is 16.3. The topological polar surface area (TPSA) is 66.6 Å². The molecule has 2 aliphatic heterocycles. The smallest absolute Gasteiger partial charge is 0.230 e. The first-order valence-electron chi connectivity index (χ1n) is 8.28. The van der Waals surface area contributed by atoms with Gasteiger partial charge in [-0.3, -0.25) is 4.79 Å². The molecule has 3 N–H and O–H groups in total. The molecule has 0 aromatic carbocycles. The van der Waals surface area contributed by atoms with Gasteiger partial charge in [-0.05, 0) is 38.5 Å². The average Bonchev–Trinajstić information content (AvgIpc) is 2.69. The van der Waals surface area contributed by atoms with E-state index in [0.29, 0.717) is 6.54 Å². The molecule has 2 saturated heterocycles. The fourth-order valence-corrected chi connectivity index (χ4v) is 4.34. The molecule has 0 saturated carbocycles. The van der Waals surface area contributed by atoms with E-state index < -0.39 is 0 Å². The van der Waals surface area contributed by atoms with Gasteiger partial charge in [-0.25, -0.2) is 0 Å². The SMILES string of the molecule is CCCC(CN)(CCC)C(=O)N1C2CCC1CC(O)C2. The number of carbonyl (C=O) groups excluding carboxylic acids is 1. The van der Waals surface area contributed by atoms with E-state index in [1.165, 1.54) is 0 Å². The lowest BCUT2D eigenvalue weighted by Crippen LogP contribution is -2.55. The van der Waals surface area contributed by atoms with Crippen LogP contribution in [-0.4, -0.2) is 40.6 Å². The minimum absolute atomic E-state index is 0.221. The molecule has 2 fully saturated rings. The van der Waals surface area contributed by atoms with Crippen LogP contribution in [0.1, 0.15) is 65.2 Å². The first-order valence-corrected chi connectivity index (χ1v) is 8.28. The molecular formula is C16H30N2O2. The molecule has 2 aliphatic rings. The van der Waals surface area contributed by atoms with Crippen LogP contribution in [-0.2, 0) is 4.79 Å². The fraction of sp³-hybridized carbons (Fsp3) is 0.938. The summed E-state index contributed by atoms with van der Waals surface area (Å²) in [4.78, 5) is 15.3. The molecule has 0 aliphatic carbocycles. The summed E-state index contributed by atoms with van der Waals surface area (Å²) in [5.41, 5.74) is 5.66. The number of amides is 1. The Labute approximate surface area is 122 Å². The number of hydrogen-bond donors (Lipinski definition) is 2. The highest BCUT2D eigenvalue weighted by Crippen LogP contribution is 2.41. The Hall–Kier alpha value is -0.610. The predicted octanol–water partition coefficient (Wildman–Crippen LogP) is 2.05. The van der Waals surface area contributed by atoms with Gasteiger partial charge in [0.25, 0.3) is 0 Å². The number of nitrogens with zero attached hydrogens (tertiary/aromatic N) is 1. The number of piperidine rings is 1. The van der Waals surface area contributed by atoms with Crippen LogP contribution in [0.4, 0.5) is 0 Å². The lowest BCUT2D eigenvalue weighted by atomic mass is 9.77. The Bertz CT molecular complexity index is 325. The number of carbonyl (C=O) groups is 1. The van der Waals surface area contributed by atoms with Crippen molar-refractivity contribution < 1.29 is 9.90 Å². The largest absolute Gasteiger partial charge is 0.393 e. The molecule has 0 aromatic heterocycles. The van der Waals surface area contributed by atoms with Gasteiger partial charge in [0.2, 0.25) is 5.91 Å². The van der Waals surface area contributed by atoms with Crippen LogP contribution in [0.3, 0.4) is 0 Å². The highest BCUT2D eigenvalue weighted by molar-refractivity contribution is 5.84. The van der Waals surface area contributed by atoms with Crippen LogP contribution in [0.5, 0.6) is 0 Å². The molecule has 4 heteroatoms. The van der Waals surface area contributed by atoms with Crippen molar-refractivity contribution >= 4 is 5.91 Å². The minimum atomic E-state index is -0.368. The second-order valence-electron chi connectivity index (χ2n) is 6.71. The van der Waals surface area contributed by atoms with Gasteiger partial charge in [0, 0.05) is 18.6 Å². The maximum atomic E-state index is 13.2. The molecule has 0 aromatic rings. The van der Waals surface area contributed by atoms with Crippen LogP contribution in [0, 0.1) is 5.41 Å². The van der Waals surface area contributed by atoms with E-state index in [1.54, 1.807) is 0 Å². The summed E-state index contributed by atoms with van der Waals surface area (Å²) in [6, 6.07) is 0.492. The van der Waals surface area contributed by atoms with E-state index in [2.05, 4.69) is 18.7 Å². The summed E-state index contributed by atoms with van der Waals surface area (Å²) in [5, 5.41) is 9.89. The lowest BCUT2D eigenvalue weighted by Gasteiger charge is -2.43. The van der Waals surface area contributed by atoms with Crippen LogP contribution in [0.2, 0.25) is 0 Å². The van der Waals surface area contributed by atoms with Gasteiger partial charge < -0.3 is 15.7 Å². The van der Waals surface area contributed by atoms with E-state index in [0.717, 1.165) is 51.4 Å². The van der Waals surface area contributed by atoms with Gasteiger partial charge in [0.15, 0.2) is 0 Å². The number of aliphatic hydroxyl groups is 1. The normalized spacial score (nSPS) is 29.8. The molecular weight excluding hydrogens is 252 g/mol. The molecule has 2 bridgehead atoms. The van der Waals surface area contributed by atoms with Crippen molar-refractivity contribution in [1.29, 1.82) is 0 Å². The Kier molecular flexibility index (Phi) is 5.08. The van der Waals surface area contributed by atoms with Crippen molar-refractivity contribution in [1.82, 2.24) is 4.90 Å². The maximum Gasteiger partial charge on any atom is 0.230 e. The molecule has 116 valence electrons. The van der Waals surface area contributed by atoms with Crippen LogP contribution >= 0.6 is 0 Å². The summed E-state index contributed by atoms with van der Waals surface area (Å²) in [6.45, 7) is 4.70. The Morgan fingerprint density at radius 2 is 1.70 bits per heavy atom. The van der Waals surface area contributed by atoms with Crippen molar-refractivity contribution in [2.24, 2.45) is 11.1 Å². The number of rotatable bonds is 6. The molecule has 2 rings (SSSR count). The molecule has 20 heavy (non-hydrogen) atoms. The van der Waals surface area contributed by atoms with E-state index in [-0.39, 0.29) is 29.5 Å². The van der Waals surface area contributed by atoms with Crippen molar-refractivity contribution in [2.45, 2.75) is 83.4 Å². The third-order valence-corrected chi connectivity index (χ3v) is 5.24. The fourth-order valence-electron chi connectivity index (χ4n) is 4.34. The summed E-state index contributed by atoms with van der Waals surface area (Å²) < 4.78 is 0. The summed E-state index contributed by atoms with van der Waals surface area (Å²) >= 11 is 0. The van der Waals surface area contributed by atoms with Crippen LogP contribution < -0.4 is 5.73 Å². The lowest BCUT2D eigenvalue weighted by molar-refractivity contribution is -0.149. The third kappa shape index (κ3) is 2.73. The van der Waals surface area contributed by atoms with Gasteiger partial charge in [0.05, 0.1) is 11.5 Å². The zero-order chi connectivity index (χ0) is 14.8. The summed E-state index contributed by atoms with van der Waals surface area (Å²) in [7, 11) is 0. The molecule has 2 unspecified atom stereocenters. The molecule has 0 spiro atoms.